The van der Waals surface area contributed by atoms with Gasteiger partial charge in [-0.2, -0.15) is 0 Å². The van der Waals surface area contributed by atoms with Crippen LogP contribution in [0.5, 0.6) is 5.75 Å². The van der Waals surface area contributed by atoms with Gasteiger partial charge in [0.15, 0.2) is 11.8 Å². The van der Waals surface area contributed by atoms with E-state index in [9.17, 15) is 0 Å². The van der Waals surface area contributed by atoms with Crippen LogP contribution in [0, 0.1) is 6.92 Å². The van der Waals surface area contributed by atoms with Gasteiger partial charge in [-0.3, -0.25) is 0 Å². The Morgan fingerprint density at radius 3 is 2.87 bits per heavy atom. The van der Waals surface area contributed by atoms with Crippen molar-refractivity contribution in [3.05, 3.63) is 41.0 Å². The van der Waals surface area contributed by atoms with E-state index < -0.39 is 0 Å². The van der Waals surface area contributed by atoms with Crippen molar-refractivity contribution in [1.82, 2.24) is 25.4 Å². The molecule has 0 unspecified atom stereocenters. The molecule has 8 heteroatoms. The Kier molecular flexibility index (Phi) is 10.4. The smallest absolute Gasteiger partial charge is 0.191 e. The third kappa shape index (κ3) is 6.85. The molecule has 0 bridgehead atoms. The summed E-state index contributed by atoms with van der Waals surface area (Å²) in [6, 6.07) is 6.34. The molecule has 0 atom stereocenters. The van der Waals surface area contributed by atoms with Crippen molar-refractivity contribution < 1.29 is 4.74 Å². The zero-order chi connectivity index (χ0) is 20.5. The molecule has 1 aliphatic rings. The third-order valence-electron chi connectivity index (χ3n) is 5.08. The van der Waals surface area contributed by atoms with E-state index >= 15 is 0 Å². The number of benzene rings is 1. The lowest BCUT2D eigenvalue weighted by atomic mass is 10.1. The number of halogens is 1. The minimum Gasteiger partial charge on any atom is -0.493 e. The van der Waals surface area contributed by atoms with Crippen LogP contribution >= 0.6 is 24.0 Å². The number of hydrogen-bond donors (Lipinski definition) is 2. The summed E-state index contributed by atoms with van der Waals surface area (Å²) in [5.41, 5.74) is 2.31. The molecule has 0 saturated heterocycles. The molecular formula is C22H35IN6O. The van der Waals surface area contributed by atoms with Crippen LogP contribution in [0.15, 0.2) is 23.2 Å². The molecule has 0 radical (unpaired) electrons. The van der Waals surface area contributed by atoms with Gasteiger partial charge in [-0.05, 0) is 38.3 Å². The van der Waals surface area contributed by atoms with Crippen molar-refractivity contribution in [2.75, 3.05) is 13.2 Å². The minimum absolute atomic E-state index is 0. The first kappa shape index (κ1) is 24.4. The zero-order valence-corrected chi connectivity index (χ0v) is 20.7. The summed E-state index contributed by atoms with van der Waals surface area (Å²) in [6.45, 7) is 10.1. The number of hydrogen-bond acceptors (Lipinski definition) is 4. The number of fused-ring (bicyclic) bond motifs is 1. The van der Waals surface area contributed by atoms with E-state index in [1.807, 2.05) is 0 Å². The molecule has 0 amide bonds. The third-order valence-corrected chi connectivity index (χ3v) is 5.08. The average Bonchev–Trinajstić information content (AvgIpc) is 3.33. The summed E-state index contributed by atoms with van der Waals surface area (Å²) in [6.07, 6.45) is 5.65. The van der Waals surface area contributed by atoms with Crippen LogP contribution in [0.1, 0.15) is 62.3 Å². The molecule has 166 valence electrons. The summed E-state index contributed by atoms with van der Waals surface area (Å²) >= 11 is 0. The van der Waals surface area contributed by atoms with Crippen molar-refractivity contribution in [2.45, 2.75) is 72.5 Å². The highest BCUT2D eigenvalue weighted by atomic mass is 127. The number of guanidine groups is 1. The second-order valence-corrected chi connectivity index (χ2v) is 7.50. The molecule has 2 N–H and O–H groups in total. The van der Waals surface area contributed by atoms with Gasteiger partial charge in [0.1, 0.15) is 11.6 Å². The number of ether oxygens (including phenoxy) is 1. The molecule has 0 spiro atoms. The lowest BCUT2D eigenvalue weighted by Crippen LogP contribution is -2.37. The van der Waals surface area contributed by atoms with Gasteiger partial charge in [-0.1, -0.05) is 31.9 Å². The van der Waals surface area contributed by atoms with Crippen molar-refractivity contribution in [3.8, 4) is 5.75 Å². The van der Waals surface area contributed by atoms with E-state index in [0.29, 0.717) is 13.1 Å². The number of nitrogens with zero attached hydrogens (tertiary/aromatic N) is 4. The first-order valence-electron chi connectivity index (χ1n) is 10.9. The second kappa shape index (κ2) is 12.8. The van der Waals surface area contributed by atoms with Crippen LogP contribution in [0.3, 0.4) is 0 Å². The van der Waals surface area contributed by atoms with E-state index in [0.717, 1.165) is 67.9 Å². The topological polar surface area (TPSA) is 76.4 Å². The minimum atomic E-state index is 0. The molecule has 2 aromatic rings. The van der Waals surface area contributed by atoms with Crippen LogP contribution in [-0.4, -0.2) is 33.9 Å². The zero-order valence-electron chi connectivity index (χ0n) is 18.4. The molecule has 0 fully saturated rings. The molecule has 1 aromatic heterocycles. The fourth-order valence-electron chi connectivity index (χ4n) is 3.47. The SMILES string of the molecule is CCCCCOc1cc(C)ccc1CN=C(NCC)NCc1nnc2n1CCC2.I. The number of rotatable bonds is 10. The summed E-state index contributed by atoms with van der Waals surface area (Å²) in [5, 5.41) is 15.3. The first-order chi connectivity index (χ1) is 14.2. The Morgan fingerprint density at radius 2 is 2.07 bits per heavy atom. The Labute approximate surface area is 197 Å². The number of aliphatic imine (C=N–C) groups is 1. The number of unbranched alkanes of at least 4 members (excludes halogenated alkanes) is 2. The van der Waals surface area contributed by atoms with E-state index in [2.05, 4.69) is 64.4 Å². The Morgan fingerprint density at radius 1 is 1.20 bits per heavy atom. The van der Waals surface area contributed by atoms with Gasteiger partial charge in [-0.15, -0.1) is 34.2 Å². The Bertz CT molecular complexity index is 820. The Balaban J connectivity index is 0.00000320. The molecule has 0 saturated carbocycles. The van der Waals surface area contributed by atoms with Crippen LogP contribution in [0.2, 0.25) is 0 Å². The van der Waals surface area contributed by atoms with Crippen molar-refractivity contribution in [1.29, 1.82) is 0 Å². The normalized spacial score (nSPS) is 13.0. The predicted molar refractivity (Wildman–Crippen MR) is 132 cm³/mol. The van der Waals surface area contributed by atoms with Crippen LogP contribution < -0.4 is 15.4 Å². The summed E-state index contributed by atoms with van der Waals surface area (Å²) in [7, 11) is 0. The fourth-order valence-corrected chi connectivity index (χ4v) is 3.47. The van der Waals surface area contributed by atoms with E-state index in [-0.39, 0.29) is 24.0 Å². The number of aromatic nitrogens is 3. The van der Waals surface area contributed by atoms with Gasteiger partial charge in [0, 0.05) is 25.1 Å². The van der Waals surface area contributed by atoms with Gasteiger partial charge in [0.2, 0.25) is 0 Å². The molecule has 0 aliphatic carbocycles. The first-order valence-corrected chi connectivity index (χ1v) is 10.9. The van der Waals surface area contributed by atoms with Crippen molar-refractivity contribution >= 4 is 29.9 Å². The molecule has 1 aliphatic heterocycles. The van der Waals surface area contributed by atoms with E-state index in [1.54, 1.807) is 0 Å². The van der Waals surface area contributed by atoms with E-state index in [1.165, 1.54) is 18.4 Å². The maximum absolute atomic E-state index is 6.05. The molecule has 7 nitrogen and oxygen atoms in total. The summed E-state index contributed by atoms with van der Waals surface area (Å²) in [5.74, 6) is 3.78. The highest BCUT2D eigenvalue weighted by Crippen LogP contribution is 2.22. The van der Waals surface area contributed by atoms with Gasteiger partial charge in [0.05, 0.1) is 19.7 Å². The number of nitrogens with one attached hydrogen (secondary N) is 2. The maximum Gasteiger partial charge on any atom is 0.191 e. The van der Waals surface area contributed by atoms with Crippen LogP contribution in [0.25, 0.3) is 0 Å². The fraction of sp³-hybridized carbons (Fsp3) is 0.591. The average molecular weight is 526 g/mol. The van der Waals surface area contributed by atoms with Crippen LogP contribution in [0.4, 0.5) is 0 Å². The molecule has 1 aromatic carbocycles. The molecular weight excluding hydrogens is 491 g/mol. The van der Waals surface area contributed by atoms with Crippen molar-refractivity contribution in [2.24, 2.45) is 4.99 Å². The van der Waals surface area contributed by atoms with Crippen molar-refractivity contribution in [3.63, 3.8) is 0 Å². The van der Waals surface area contributed by atoms with Crippen LogP contribution in [-0.2, 0) is 26.1 Å². The largest absolute Gasteiger partial charge is 0.493 e. The highest BCUT2D eigenvalue weighted by Gasteiger charge is 2.17. The standard InChI is InChI=1S/C22H34N6O.HI/c1-4-6-7-13-29-19-14-17(3)10-11-18(19)15-24-22(23-5-2)25-16-21-27-26-20-9-8-12-28(20)21;/h10-11,14H,4-9,12-13,15-16H2,1-3H3,(H2,23,24,25);1H. The van der Waals surface area contributed by atoms with E-state index in [4.69, 9.17) is 9.73 Å². The summed E-state index contributed by atoms with van der Waals surface area (Å²) < 4.78 is 8.26. The highest BCUT2D eigenvalue weighted by molar-refractivity contribution is 14.0. The monoisotopic (exact) mass is 526 g/mol. The predicted octanol–water partition coefficient (Wildman–Crippen LogP) is 3.98. The lowest BCUT2D eigenvalue weighted by molar-refractivity contribution is 0.303. The van der Waals surface area contributed by atoms with Gasteiger partial charge < -0.3 is 19.9 Å². The summed E-state index contributed by atoms with van der Waals surface area (Å²) in [4.78, 5) is 4.77. The van der Waals surface area contributed by atoms with Gasteiger partial charge >= 0.3 is 0 Å². The molecule has 30 heavy (non-hydrogen) atoms. The van der Waals surface area contributed by atoms with Gasteiger partial charge in [-0.25, -0.2) is 4.99 Å². The maximum atomic E-state index is 6.05. The second-order valence-electron chi connectivity index (χ2n) is 7.50. The molecule has 3 rings (SSSR count). The Hall–Kier alpha value is -1.84. The van der Waals surface area contributed by atoms with Gasteiger partial charge in [0.25, 0.3) is 0 Å². The molecule has 2 heterocycles. The number of aryl methyl sites for hydroxylation is 2. The lowest BCUT2D eigenvalue weighted by Gasteiger charge is -2.14. The quantitative estimate of drug-likeness (QED) is 0.212.